The van der Waals surface area contributed by atoms with E-state index in [1.54, 1.807) is 0 Å². The van der Waals surface area contributed by atoms with E-state index in [-0.39, 0.29) is 5.92 Å². The van der Waals surface area contributed by atoms with Gasteiger partial charge in [0.1, 0.15) is 0 Å². The molecule has 4 aromatic carbocycles. The molecule has 0 saturated heterocycles. The maximum Gasteiger partial charge on any atom is 0.166 e. The molecule has 45 heavy (non-hydrogen) atoms. The number of aryl methyl sites for hydroxylation is 1. The number of Topliss-reactive ketones (excluding diaryl/α,β-unsaturated/α-hetero) is 1. The average Bonchev–Trinajstić information content (AvgIpc) is 3.42. The first kappa shape index (κ1) is 25.1. The first-order chi connectivity index (χ1) is 22.1. The first-order valence-corrected chi connectivity index (χ1v) is 17.4. The Morgan fingerprint density at radius 2 is 1.40 bits per heavy atom. The third-order valence-corrected chi connectivity index (χ3v) is 13.3. The third kappa shape index (κ3) is 3.09. The molecule has 2 unspecified atom stereocenters. The molecule has 0 aliphatic heterocycles. The number of aromatic nitrogens is 1. The normalized spacial score (nSPS) is 28.2. The second kappa shape index (κ2) is 8.55. The Morgan fingerprint density at radius 1 is 0.711 bits per heavy atom. The predicted octanol–water partition coefficient (Wildman–Crippen LogP) is 10.5. The van der Waals surface area contributed by atoms with Gasteiger partial charge in [-0.3, -0.25) is 4.79 Å². The van der Waals surface area contributed by atoms with E-state index in [1.165, 1.54) is 92.5 Å². The number of fused-ring (bicyclic) bond motifs is 8. The van der Waals surface area contributed by atoms with E-state index < -0.39 is 0 Å². The van der Waals surface area contributed by atoms with E-state index in [4.69, 9.17) is 0 Å². The van der Waals surface area contributed by atoms with Gasteiger partial charge in [-0.25, -0.2) is 0 Å². The Hall–Kier alpha value is -4.16. The highest BCUT2D eigenvalue weighted by Gasteiger charge is 2.45. The van der Waals surface area contributed by atoms with Crippen molar-refractivity contribution in [1.29, 1.82) is 5.26 Å². The Labute approximate surface area is 263 Å². The van der Waals surface area contributed by atoms with Crippen LogP contribution in [0.2, 0.25) is 0 Å². The van der Waals surface area contributed by atoms with Crippen molar-refractivity contribution in [2.45, 2.75) is 82.5 Å². The van der Waals surface area contributed by atoms with E-state index in [9.17, 15) is 10.1 Å². The maximum atomic E-state index is 14.0. The molecule has 3 saturated carbocycles. The number of benzene rings is 4. The van der Waals surface area contributed by atoms with E-state index in [0.717, 1.165) is 59.7 Å². The van der Waals surface area contributed by atoms with E-state index in [1.807, 2.05) is 0 Å². The minimum atomic E-state index is 0.170. The van der Waals surface area contributed by atoms with Crippen LogP contribution in [0.15, 0.2) is 54.6 Å². The SMILES string of the molecule is Cc1c(C#N)c2c(c3c4cc(-c5ccccc5)cc5c6cc7c(cc6n(c13)c54)C(=O)C1CCC7CC1)C1CC3CC(CC2C3)C1. The Bertz CT molecular complexity index is 2310. The Balaban J connectivity index is 1.36. The Morgan fingerprint density at radius 3 is 2.13 bits per heavy atom. The van der Waals surface area contributed by atoms with Gasteiger partial charge in [-0.15, -0.1) is 0 Å². The molecule has 0 spiro atoms. The van der Waals surface area contributed by atoms with Gasteiger partial charge in [0.05, 0.1) is 28.2 Å². The van der Waals surface area contributed by atoms with E-state index in [2.05, 4.69) is 72.0 Å². The molecule has 3 fully saturated rings. The fourth-order valence-corrected chi connectivity index (χ4v) is 11.6. The second-order valence-corrected chi connectivity index (χ2v) is 15.5. The van der Waals surface area contributed by atoms with Crippen LogP contribution in [0.4, 0.5) is 0 Å². The van der Waals surface area contributed by atoms with Crippen LogP contribution in [0.3, 0.4) is 0 Å². The zero-order chi connectivity index (χ0) is 29.7. The van der Waals surface area contributed by atoms with Crippen molar-refractivity contribution >= 4 is 43.9 Å². The number of nitriles is 1. The molecule has 6 bridgehead atoms. The van der Waals surface area contributed by atoms with Crippen LogP contribution in [0.1, 0.15) is 114 Å². The molecule has 6 aromatic rings. The minimum Gasteiger partial charge on any atom is -0.308 e. The summed E-state index contributed by atoms with van der Waals surface area (Å²) in [6.45, 7) is 2.21. The van der Waals surface area contributed by atoms with Crippen molar-refractivity contribution in [3.8, 4) is 17.2 Å². The van der Waals surface area contributed by atoms with Gasteiger partial charge < -0.3 is 4.40 Å². The molecule has 2 atom stereocenters. The van der Waals surface area contributed by atoms with Crippen molar-refractivity contribution in [3.05, 3.63) is 88.0 Å². The third-order valence-electron chi connectivity index (χ3n) is 13.3. The van der Waals surface area contributed by atoms with Gasteiger partial charge in [0.2, 0.25) is 0 Å². The highest BCUT2D eigenvalue weighted by Crippen LogP contribution is 2.60. The molecule has 7 aliphatic rings. The number of rotatable bonds is 1. The molecule has 0 radical (unpaired) electrons. The monoisotopic (exact) mass is 584 g/mol. The highest BCUT2D eigenvalue weighted by molar-refractivity contribution is 6.26. The summed E-state index contributed by atoms with van der Waals surface area (Å²) in [6, 6.07) is 23.2. The fraction of sp³-hybridized carbons (Fsp3) is 0.381. The summed E-state index contributed by atoms with van der Waals surface area (Å²) in [5.74, 6) is 3.61. The fourth-order valence-electron chi connectivity index (χ4n) is 11.6. The summed E-state index contributed by atoms with van der Waals surface area (Å²) in [7, 11) is 0. The number of carbonyl (C=O) groups is 1. The number of carbonyl (C=O) groups excluding carboxylic acids is 1. The molecule has 0 N–H and O–H groups in total. The van der Waals surface area contributed by atoms with Gasteiger partial charge in [0, 0.05) is 33.0 Å². The Kier molecular flexibility index (Phi) is 4.77. The lowest BCUT2D eigenvalue weighted by molar-refractivity contribution is 0.0898. The maximum absolute atomic E-state index is 14.0. The minimum absolute atomic E-state index is 0.170. The summed E-state index contributed by atoms with van der Waals surface area (Å²) < 4.78 is 2.50. The number of hydrogen-bond donors (Lipinski definition) is 0. The van der Waals surface area contributed by atoms with Crippen LogP contribution in [0.25, 0.3) is 49.2 Å². The van der Waals surface area contributed by atoms with Crippen molar-refractivity contribution < 1.29 is 4.79 Å². The zero-order valence-electron chi connectivity index (χ0n) is 25.8. The quantitative estimate of drug-likeness (QED) is 0.193. The molecular weight excluding hydrogens is 548 g/mol. The molecule has 3 heteroatoms. The summed E-state index contributed by atoms with van der Waals surface area (Å²) >= 11 is 0. The van der Waals surface area contributed by atoms with Crippen LogP contribution >= 0.6 is 0 Å². The van der Waals surface area contributed by atoms with Crippen LogP contribution in [-0.2, 0) is 0 Å². The smallest absolute Gasteiger partial charge is 0.166 e. The summed E-state index contributed by atoms with van der Waals surface area (Å²) in [5, 5.41) is 16.1. The summed E-state index contributed by atoms with van der Waals surface area (Å²) in [4.78, 5) is 14.0. The largest absolute Gasteiger partial charge is 0.308 e. The number of ketones is 1. The van der Waals surface area contributed by atoms with E-state index >= 15 is 0 Å². The van der Waals surface area contributed by atoms with Gasteiger partial charge in [-0.05, 0) is 152 Å². The van der Waals surface area contributed by atoms with Gasteiger partial charge in [-0.1, -0.05) is 30.3 Å². The van der Waals surface area contributed by atoms with Crippen molar-refractivity contribution in [1.82, 2.24) is 4.40 Å². The molecule has 13 rings (SSSR count). The van der Waals surface area contributed by atoms with Crippen LogP contribution in [0, 0.1) is 36.0 Å². The lowest BCUT2D eigenvalue weighted by Gasteiger charge is -2.38. The number of hydrogen-bond acceptors (Lipinski definition) is 2. The molecule has 3 nitrogen and oxygen atoms in total. The van der Waals surface area contributed by atoms with E-state index in [0.29, 0.717) is 23.5 Å². The molecule has 2 aromatic heterocycles. The second-order valence-electron chi connectivity index (χ2n) is 15.5. The molecule has 220 valence electrons. The lowest BCUT2D eigenvalue weighted by Crippen LogP contribution is -2.25. The number of nitrogens with zero attached hydrogens (tertiary/aromatic N) is 2. The van der Waals surface area contributed by atoms with Crippen molar-refractivity contribution in [2.24, 2.45) is 17.8 Å². The first-order valence-electron chi connectivity index (χ1n) is 17.4. The van der Waals surface area contributed by atoms with Gasteiger partial charge in [0.25, 0.3) is 0 Å². The zero-order valence-corrected chi connectivity index (χ0v) is 25.8. The molecule has 7 aliphatic carbocycles. The molecular formula is C42H36N2O. The molecule has 2 heterocycles. The van der Waals surface area contributed by atoms with Gasteiger partial charge in [-0.2, -0.15) is 5.26 Å². The molecule has 0 amide bonds. The summed E-state index contributed by atoms with van der Waals surface area (Å²) in [6.07, 6.45) is 10.7. The van der Waals surface area contributed by atoms with Crippen LogP contribution in [-0.4, -0.2) is 10.2 Å². The highest BCUT2D eigenvalue weighted by atomic mass is 16.1. The van der Waals surface area contributed by atoms with Crippen LogP contribution in [0.5, 0.6) is 0 Å². The predicted molar refractivity (Wildman–Crippen MR) is 181 cm³/mol. The lowest BCUT2D eigenvalue weighted by atomic mass is 9.67. The topological polar surface area (TPSA) is 45.3 Å². The van der Waals surface area contributed by atoms with Gasteiger partial charge in [0.15, 0.2) is 5.78 Å². The van der Waals surface area contributed by atoms with Crippen molar-refractivity contribution in [2.75, 3.05) is 0 Å². The standard InChI is InChI=1S/C42H36N2O/c1-21-35(20-43)37-28-12-22-11-23(13-28)15-29(14-22)38(37)39-34-17-27(24-5-3-2-4-6-24)16-32-31-18-30-25-7-9-26(10-8-25)42(45)33(30)19-36(31)44(40(21)39)41(32)34/h2-6,16-19,22-23,25-26,28-29H,7-15H2,1H3. The average molecular weight is 585 g/mol. The van der Waals surface area contributed by atoms with Crippen LogP contribution < -0.4 is 0 Å². The van der Waals surface area contributed by atoms with Crippen molar-refractivity contribution in [3.63, 3.8) is 0 Å². The summed E-state index contributed by atoms with van der Waals surface area (Å²) in [5.41, 5.74) is 13.4. The van der Waals surface area contributed by atoms with Gasteiger partial charge >= 0.3 is 0 Å².